The highest BCUT2D eigenvalue weighted by atomic mass is 32.1. The lowest BCUT2D eigenvalue weighted by Crippen LogP contribution is -2.42. The zero-order valence-corrected chi connectivity index (χ0v) is 19.7. The molecule has 1 aliphatic rings. The Balaban J connectivity index is 1.69. The summed E-state index contributed by atoms with van der Waals surface area (Å²) < 4.78 is 0. The van der Waals surface area contributed by atoms with Gasteiger partial charge in [0.2, 0.25) is 0 Å². The van der Waals surface area contributed by atoms with Crippen molar-refractivity contribution in [3.05, 3.63) is 92.5 Å². The summed E-state index contributed by atoms with van der Waals surface area (Å²) in [4.78, 5) is 23.0. The minimum atomic E-state index is -0.168. The largest absolute Gasteiger partial charge is 0.349 e. The third-order valence-corrected chi connectivity index (χ3v) is 7.66. The fourth-order valence-electron chi connectivity index (χ4n) is 4.22. The highest BCUT2D eigenvalue weighted by molar-refractivity contribution is 7.16. The molecular weight excluding hydrogens is 436 g/mol. The second-order valence-electron chi connectivity index (χ2n) is 7.86. The number of thiazole rings is 1. The summed E-state index contributed by atoms with van der Waals surface area (Å²) in [6.45, 7) is 8.55. The molecule has 4 aromatic rings. The fraction of sp³-hybridized carbons (Fsp3) is 0.160. The Bertz CT molecular complexity index is 1340. The van der Waals surface area contributed by atoms with E-state index in [1.807, 2.05) is 25.1 Å². The molecule has 3 heterocycles. The number of nitroso groups, excluding NO2 is 1. The molecule has 5 nitrogen and oxygen atoms in total. The third kappa shape index (κ3) is 3.34. The summed E-state index contributed by atoms with van der Waals surface area (Å²) in [5.74, 6) is 0. The minimum absolute atomic E-state index is 0.168. The van der Waals surface area contributed by atoms with E-state index in [-0.39, 0.29) is 6.17 Å². The van der Waals surface area contributed by atoms with Crippen LogP contribution < -0.4 is 9.80 Å². The van der Waals surface area contributed by atoms with Crippen LogP contribution in [-0.4, -0.2) is 12.0 Å². The van der Waals surface area contributed by atoms with Gasteiger partial charge < -0.3 is 9.80 Å². The zero-order chi connectivity index (χ0) is 22.4. The molecular formula is C25H22N4OS2. The first-order valence-electron chi connectivity index (χ1n) is 10.2. The van der Waals surface area contributed by atoms with Crippen LogP contribution >= 0.6 is 22.7 Å². The summed E-state index contributed by atoms with van der Waals surface area (Å²) >= 11 is 3.37. The normalized spacial score (nSPS) is 15.7. The highest BCUT2D eigenvalue weighted by Gasteiger charge is 2.36. The SMILES string of the molecule is C=C1c2cc(C)ccc2N(C)C(c2ccc(-c3csc(C)n3)s2)N1c1ccccc1N=O. The van der Waals surface area contributed by atoms with E-state index in [1.54, 1.807) is 28.7 Å². The molecule has 0 saturated carbocycles. The summed E-state index contributed by atoms with van der Waals surface area (Å²) in [6.07, 6.45) is -0.168. The smallest absolute Gasteiger partial charge is 0.142 e. The zero-order valence-electron chi connectivity index (χ0n) is 18.1. The number of nitrogens with zero attached hydrogens (tertiary/aromatic N) is 4. The Morgan fingerprint density at radius 2 is 1.88 bits per heavy atom. The lowest BCUT2D eigenvalue weighted by atomic mass is 9.99. The van der Waals surface area contributed by atoms with Crippen molar-refractivity contribution in [2.75, 3.05) is 16.8 Å². The molecule has 0 fully saturated rings. The van der Waals surface area contributed by atoms with Crippen LogP contribution in [-0.2, 0) is 0 Å². The standard InChI is InChI=1S/C25H22N4OS2/c1-15-9-10-21-18(13-15)16(2)29(22-8-6-5-7-19(22)27-30)25(28(21)4)24-12-11-23(32-24)20-14-31-17(3)26-20/h5-14,25H,2H2,1,3-4H3. The Morgan fingerprint density at radius 3 is 2.62 bits per heavy atom. The second kappa shape index (κ2) is 8.00. The van der Waals surface area contributed by atoms with Crippen LogP contribution in [0.2, 0.25) is 0 Å². The van der Waals surface area contributed by atoms with E-state index < -0.39 is 0 Å². The molecule has 5 rings (SSSR count). The van der Waals surface area contributed by atoms with Crippen LogP contribution in [0.5, 0.6) is 0 Å². The topological polar surface area (TPSA) is 48.8 Å². The average Bonchev–Trinajstić information content (AvgIpc) is 3.45. The van der Waals surface area contributed by atoms with Crippen LogP contribution in [0, 0.1) is 18.8 Å². The van der Waals surface area contributed by atoms with E-state index in [1.165, 1.54) is 0 Å². The number of aromatic nitrogens is 1. The summed E-state index contributed by atoms with van der Waals surface area (Å²) in [5, 5.41) is 6.45. The minimum Gasteiger partial charge on any atom is -0.349 e. The maximum atomic E-state index is 11.7. The first-order valence-corrected chi connectivity index (χ1v) is 11.9. The number of rotatable bonds is 4. The maximum absolute atomic E-state index is 11.7. The Morgan fingerprint density at radius 1 is 1.06 bits per heavy atom. The summed E-state index contributed by atoms with van der Waals surface area (Å²) in [6, 6.07) is 18.1. The Kier molecular flexibility index (Phi) is 5.15. The van der Waals surface area contributed by atoms with Crippen LogP contribution in [0.25, 0.3) is 16.3 Å². The molecule has 0 bridgehead atoms. The third-order valence-electron chi connectivity index (χ3n) is 5.74. The quantitative estimate of drug-likeness (QED) is 0.297. The number of hydrogen-bond donors (Lipinski definition) is 0. The van der Waals surface area contributed by atoms with E-state index in [4.69, 9.17) is 0 Å². The molecule has 1 aliphatic heterocycles. The van der Waals surface area contributed by atoms with Gasteiger partial charge in [-0.15, -0.1) is 27.6 Å². The van der Waals surface area contributed by atoms with Crippen molar-refractivity contribution in [1.82, 2.24) is 4.98 Å². The van der Waals surface area contributed by atoms with E-state index in [2.05, 4.69) is 76.2 Å². The summed E-state index contributed by atoms with van der Waals surface area (Å²) in [5.41, 5.74) is 6.32. The number of anilines is 2. The molecule has 2 aromatic carbocycles. The van der Waals surface area contributed by atoms with Crippen LogP contribution in [0.1, 0.15) is 27.2 Å². The molecule has 7 heteroatoms. The van der Waals surface area contributed by atoms with Crippen LogP contribution in [0.4, 0.5) is 17.1 Å². The van der Waals surface area contributed by atoms with Crippen molar-refractivity contribution < 1.29 is 0 Å². The lowest BCUT2D eigenvalue weighted by molar-refractivity contribution is 0.679. The van der Waals surface area contributed by atoms with Crippen LogP contribution in [0.3, 0.4) is 0 Å². The molecule has 0 radical (unpaired) electrons. The van der Waals surface area contributed by atoms with E-state index in [0.29, 0.717) is 5.69 Å². The predicted molar refractivity (Wildman–Crippen MR) is 136 cm³/mol. The number of hydrogen-bond acceptors (Lipinski definition) is 7. The molecule has 160 valence electrons. The van der Waals surface area contributed by atoms with Gasteiger partial charge >= 0.3 is 0 Å². The van der Waals surface area contributed by atoms with Crippen molar-refractivity contribution in [1.29, 1.82) is 0 Å². The average molecular weight is 459 g/mol. The van der Waals surface area contributed by atoms with Crippen molar-refractivity contribution in [3.63, 3.8) is 0 Å². The molecule has 2 aromatic heterocycles. The molecule has 0 aliphatic carbocycles. The van der Waals surface area contributed by atoms with E-state index in [0.717, 1.165) is 48.7 Å². The lowest BCUT2D eigenvalue weighted by Gasteiger charge is -2.46. The number of para-hydroxylation sites is 1. The van der Waals surface area contributed by atoms with Crippen molar-refractivity contribution in [2.45, 2.75) is 20.0 Å². The monoisotopic (exact) mass is 458 g/mol. The first kappa shape index (κ1) is 20.6. The van der Waals surface area contributed by atoms with Crippen molar-refractivity contribution in [2.24, 2.45) is 5.18 Å². The van der Waals surface area contributed by atoms with Gasteiger partial charge in [0, 0.05) is 34.3 Å². The van der Waals surface area contributed by atoms with Gasteiger partial charge in [0.15, 0.2) is 0 Å². The van der Waals surface area contributed by atoms with E-state index >= 15 is 0 Å². The number of thiophene rings is 1. The number of aryl methyl sites for hydroxylation is 2. The van der Waals surface area contributed by atoms with Gasteiger partial charge in [-0.2, -0.15) is 0 Å². The maximum Gasteiger partial charge on any atom is 0.142 e. The van der Waals surface area contributed by atoms with Gasteiger partial charge in [-0.25, -0.2) is 4.98 Å². The van der Waals surface area contributed by atoms with Crippen LogP contribution in [0.15, 0.2) is 71.7 Å². The first-order chi connectivity index (χ1) is 15.5. The molecule has 32 heavy (non-hydrogen) atoms. The molecule has 0 amide bonds. The molecule has 1 unspecified atom stereocenters. The van der Waals surface area contributed by atoms with Gasteiger partial charge in [-0.1, -0.05) is 30.3 Å². The van der Waals surface area contributed by atoms with Crippen molar-refractivity contribution in [3.8, 4) is 10.6 Å². The van der Waals surface area contributed by atoms with Gasteiger partial charge in [0.25, 0.3) is 0 Å². The van der Waals surface area contributed by atoms with Gasteiger partial charge in [-0.05, 0) is 55.4 Å². The van der Waals surface area contributed by atoms with Crippen molar-refractivity contribution >= 4 is 45.4 Å². The van der Waals surface area contributed by atoms with E-state index in [9.17, 15) is 4.91 Å². The Hall–Kier alpha value is -3.29. The second-order valence-corrected chi connectivity index (χ2v) is 10.0. The molecule has 0 spiro atoms. The fourth-order valence-corrected chi connectivity index (χ4v) is 6.01. The number of benzene rings is 2. The predicted octanol–water partition coefficient (Wildman–Crippen LogP) is 7.51. The molecule has 0 saturated heterocycles. The molecule has 0 N–H and O–H groups in total. The molecule has 1 atom stereocenters. The Labute approximate surface area is 195 Å². The van der Waals surface area contributed by atoms with Gasteiger partial charge in [-0.3, -0.25) is 0 Å². The highest BCUT2D eigenvalue weighted by Crippen LogP contribution is 2.49. The summed E-state index contributed by atoms with van der Waals surface area (Å²) in [7, 11) is 2.08. The number of fused-ring (bicyclic) bond motifs is 1. The van der Waals surface area contributed by atoms with Gasteiger partial charge in [0.05, 0.1) is 21.3 Å². The van der Waals surface area contributed by atoms with Gasteiger partial charge in [0.1, 0.15) is 11.9 Å².